The first kappa shape index (κ1) is 21.6. The Balaban J connectivity index is 1.97. The average molecular weight is 404 g/mol. The normalized spacial score (nSPS) is 12.0. The highest BCUT2D eigenvalue weighted by Crippen LogP contribution is 2.24. The summed E-state index contributed by atoms with van der Waals surface area (Å²) in [5.41, 5.74) is 4.72. The molecule has 0 aliphatic heterocycles. The van der Waals surface area contributed by atoms with Crippen molar-refractivity contribution >= 4 is 29.4 Å². The minimum absolute atomic E-state index is 0.100. The number of aryl methyl sites for hydroxylation is 1. The fourth-order valence-corrected chi connectivity index (χ4v) is 2.90. The first-order valence-electron chi connectivity index (χ1n) is 9.19. The van der Waals surface area contributed by atoms with Gasteiger partial charge >= 0.3 is 0 Å². The minimum Gasteiger partial charge on any atom is -0.507 e. The largest absolute Gasteiger partial charge is 0.507 e. The van der Waals surface area contributed by atoms with Crippen molar-refractivity contribution in [1.82, 2.24) is 5.43 Å². The van der Waals surface area contributed by atoms with E-state index in [4.69, 9.17) is 16.3 Å². The second-order valence-electron chi connectivity index (χ2n) is 6.32. The van der Waals surface area contributed by atoms with Gasteiger partial charge in [-0.05, 0) is 63.6 Å². The van der Waals surface area contributed by atoms with Crippen molar-refractivity contribution in [2.24, 2.45) is 5.10 Å². The number of ether oxygens (including phenoxy) is 1. The van der Waals surface area contributed by atoms with Gasteiger partial charge in [0.2, 0.25) is 0 Å². The van der Waals surface area contributed by atoms with Crippen molar-refractivity contribution in [3.63, 3.8) is 0 Å². The van der Waals surface area contributed by atoms with E-state index < -0.39 is 12.0 Å². The first-order valence-corrected chi connectivity index (χ1v) is 9.57. The van der Waals surface area contributed by atoms with Gasteiger partial charge < -0.3 is 14.7 Å². The fourth-order valence-electron chi connectivity index (χ4n) is 2.67. The van der Waals surface area contributed by atoms with Crippen LogP contribution in [-0.2, 0) is 4.79 Å². The Kier molecular flexibility index (Phi) is 7.70. The van der Waals surface area contributed by atoms with Crippen LogP contribution < -0.4 is 15.1 Å². The van der Waals surface area contributed by atoms with Crippen molar-refractivity contribution in [1.29, 1.82) is 0 Å². The Hall–Kier alpha value is -2.73. The van der Waals surface area contributed by atoms with E-state index in [1.54, 1.807) is 37.3 Å². The number of phenols is 1. The van der Waals surface area contributed by atoms with Crippen LogP contribution in [0.2, 0.25) is 5.02 Å². The maximum absolute atomic E-state index is 12.2. The average Bonchev–Trinajstić information content (AvgIpc) is 2.66. The van der Waals surface area contributed by atoms with Crippen molar-refractivity contribution < 1.29 is 14.6 Å². The molecule has 2 aromatic rings. The van der Waals surface area contributed by atoms with E-state index in [1.165, 1.54) is 6.21 Å². The molecule has 1 unspecified atom stereocenters. The quantitative estimate of drug-likeness (QED) is 0.513. The zero-order valence-corrected chi connectivity index (χ0v) is 17.3. The van der Waals surface area contributed by atoms with Crippen molar-refractivity contribution in [2.75, 3.05) is 18.0 Å². The third-order valence-corrected chi connectivity index (χ3v) is 4.57. The summed E-state index contributed by atoms with van der Waals surface area (Å²) in [6, 6.07) is 10.5. The molecule has 2 aromatic carbocycles. The van der Waals surface area contributed by atoms with Gasteiger partial charge in [0.15, 0.2) is 6.10 Å². The third-order valence-electron chi connectivity index (χ3n) is 4.33. The highest BCUT2D eigenvalue weighted by Gasteiger charge is 2.15. The number of anilines is 1. The Morgan fingerprint density at radius 1 is 1.29 bits per heavy atom. The fraction of sp³-hybridized carbons (Fsp3) is 0.333. The molecule has 0 spiro atoms. The molecule has 1 atom stereocenters. The van der Waals surface area contributed by atoms with E-state index in [2.05, 4.69) is 29.3 Å². The summed E-state index contributed by atoms with van der Waals surface area (Å²) in [4.78, 5) is 14.3. The summed E-state index contributed by atoms with van der Waals surface area (Å²) >= 11 is 5.92. The van der Waals surface area contributed by atoms with E-state index in [1.807, 2.05) is 13.0 Å². The Bertz CT molecular complexity index is 851. The van der Waals surface area contributed by atoms with E-state index in [9.17, 15) is 9.90 Å². The summed E-state index contributed by atoms with van der Waals surface area (Å²) < 4.78 is 5.66. The molecule has 1 amide bonds. The van der Waals surface area contributed by atoms with Gasteiger partial charge in [-0.1, -0.05) is 11.6 Å². The van der Waals surface area contributed by atoms with Gasteiger partial charge in [-0.2, -0.15) is 5.10 Å². The lowest BCUT2D eigenvalue weighted by Gasteiger charge is -2.21. The van der Waals surface area contributed by atoms with Crippen LogP contribution in [0.25, 0.3) is 0 Å². The number of carbonyl (C=O) groups excluding carboxylic acids is 1. The monoisotopic (exact) mass is 403 g/mol. The number of halogens is 1. The Morgan fingerprint density at radius 2 is 2.00 bits per heavy atom. The van der Waals surface area contributed by atoms with Crippen LogP contribution >= 0.6 is 11.6 Å². The molecular formula is C21H26ClN3O3. The van der Waals surface area contributed by atoms with E-state index in [-0.39, 0.29) is 5.75 Å². The molecule has 0 radical (unpaired) electrons. The van der Waals surface area contributed by atoms with Crippen LogP contribution in [0.1, 0.15) is 31.9 Å². The van der Waals surface area contributed by atoms with Gasteiger partial charge in [-0.25, -0.2) is 5.43 Å². The summed E-state index contributed by atoms with van der Waals surface area (Å²) in [5, 5.41) is 14.7. The molecule has 0 fully saturated rings. The van der Waals surface area contributed by atoms with Crippen LogP contribution in [0.5, 0.6) is 11.5 Å². The topological polar surface area (TPSA) is 74.2 Å². The molecular weight excluding hydrogens is 378 g/mol. The predicted molar refractivity (Wildman–Crippen MR) is 114 cm³/mol. The van der Waals surface area contributed by atoms with Gasteiger partial charge in [-0.3, -0.25) is 4.79 Å². The summed E-state index contributed by atoms with van der Waals surface area (Å²) in [7, 11) is 0. The highest BCUT2D eigenvalue weighted by molar-refractivity contribution is 6.30. The first-order chi connectivity index (χ1) is 13.3. The molecule has 2 rings (SSSR count). The molecule has 2 N–H and O–H groups in total. The minimum atomic E-state index is -0.740. The van der Waals surface area contributed by atoms with Crippen LogP contribution in [0.3, 0.4) is 0 Å². The van der Waals surface area contributed by atoms with Gasteiger partial charge in [0.1, 0.15) is 11.5 Å². The lowest BCUT2D eigenvalue weighted by Crippen LogP contribution is -2.33. The maximum atomic E-state index is 12.2. The smallest absolute Gasteiger partial charge is 0.280 e. The molecule has 0 saturated heterocycles. The van der Waals surface area contributed by atoms with E-state index in [0.29, 0.717) is 16.3 Å². The molecule has 0 heterocycles. The molecule has 0 saturated carbocycles. The zero-order valence-electron chi connectivity index (χ0n) is 16.6. The van der Waals surface area contributed by atoms with E-state index in [0.717, 1.165) is 24.3 Å². The Morgan fingerprint density at radius 3 is 2.61 bits per heavy atom. The summed E-state index contributed by atoms with van der Waals surface area (Å²) in [6.45, 7) is 9.30. The molecule has 0 aliphatic carbocycles. The van der Waals surface area contributed by atoms with Crippen molar-refractivity contribution in [3.05, 3.63) is 52.5 Å². The lowest BCUT2D eigenvalue weighted by molar-refractivity contribution is -0.127. The number of hydrazone groups is 1. The molecule has 0 bridgehead atoms. The molecule has 7 heteroatoms. The molecule has 28 heavy (non-hydrogen) atoms. The van der Waals surface area contributed by atoms with Crippen LogP contribution in [0.4, 0.5) is 5.69 Å². The Labute approximate surface area is 170 Å². The van der Waals surface area contributed by atoms with Crippen LogP contribution in [-0.4, -0.2) is 36.4 Å². The van der Waals surface area contributed by atoms with Gasteiger partial charge in [0.25, 0.3) is 5.91 Å². The highest BCUT2D eigenvalue weighted by atomic mass is 35.5. The predicted octanol–water partition coefficient (Wildman–Crippen LogP) is 4.12. The van der Waals surface area contributed by atoms with E-state index >= 15 is 0 Å². The maximum Gasteiger partial charge on any atom is 0.280 e. The second kappa shape index (κ2) is 9.99. The number of benzene rings is 2. The molecule has 0 aliphatic rings. The zero-order chi connectivity index (χ0) is 20.7. The number of hydrogen-bond acceptors (Lipinski definition) is 5. The summed E-state index contributed by atoms with van der Waals surface area (Å²) in [5.74, 6) is 0.286. The van der Waals surface area contributed by atoms with Crippen LogP contribution in [0.15, 0.2) is 41.5 Å². The molecule has 0 aromatic heterocycles. The number of aromatic hydroxyl groups is 1. The number of nitrogens with zero attached hydrogens (tertiary/aromatic N) is 2. The van der Waals surface area contributed by atoms with Gasteiger partial charge in [0.05, 0.1) is 6.21 Å². The standard InChI is InChI=1S/C21H26ClN3O3/c1-5-25(6-2)18-9-7-16(19(26)12-18)13-23-24-21(27)15(4)28-20-10-8-17(22)11-14(20)3/h7-13,15,26H,5-6H2,1-4H3,(H,24,27). The SMILES string of the molecule is CCN(CC)c1ccc(C=NNC(=O)C(C)Oc2ccc(Cl)cc2C)c(O)c1. The van der Waals surface area contributed by atoms with Gasteiger partial charge in [0, 0.05) is 35.4 Å². The van der Waals surface area contributed by atoms with Crippen molar-refractivity contribution in [3.8, 4) is 11.5 Å². The number of nitrogens with one attached hydrogen (secondary N) is 1. The lowest BCUT2D eigenvalue weighted by atomic mass is 10.2. The van der Waals surface area contributed by atoms with Crippen molar-refractivity contribution in [2.45, 2.75) is 33.8 Å². The number of hydrogen-bond donors (Lipinski definition) is 2. The number of phenolic OH excluding ortho intramolecular Hbond substituents is 1. The number of amides is 1. The summed E-state index contributed by atoms with van der Waals surface area (Å²) in [6.07, 6.45) is 0.662. The second-order valence-corrected chi connectivity index (χ2v) is 6.76. The third kappa shape index (κ3) is 5.63. The molecule has 150 valence electrons. The number of carbonyl (C=O) groups is 1. The van der Waals surface area contributed by atoms with Crippen LogP contribution in [0, 0.1) is 6.92 Å². The van der Waals surface area contributed by atoms with Gasteiger partial charge in [-0.15, -0.1) is 0 Å². The molecule has 6 nitrogen and oxygen atoms in total. The number of rotatable bonds is 8.